The van der Waals surface area contributed by atoms with Gasteiger partial charge in [-0.15, -0.1) is 0 Å². The van der Waals surface area contributed by atoms with Crippen LogP contribution in [0.4, 0.5) is 0 Å². The Bertz CT molecular complexity index is 391. The number of carbonyl (C=O) groups is 2. The van der Waals surface area contributed by atoms with E-state index in [4.69, 9.17) is 10.5 Å². The van der Waals surface area contributed by atoms with Crippen molar-refractivity contribution in [2.45, 2.75) is 76.5 Å². The Morgan fingerprint density at radius 1 is 1.26 bits per heavy atom. The Labute approximate surface area is 139 Å². The molecule has 1 saturated carbocycles. The van der Waals surface area contributed by atoms with E-state index < -0.39 is 6.04 Å². The summed E-state index contributed by atoms with van der Waals surface area (Å²) in [6.07, 6.45) is 7.93. The maximum atomic E-state index is 12.7. The lowest BCUT2D eigenvalue weighted by Crippen LogP contribution is -2.54. The van der Waals surface area contributed by atoms with Crippen molar-refractivity contribution < 1.29 is 14.3 Å². The number of hydrogen-bond donors (Lipinski definition) is 2. The van der Waals surface area contributed by atoms with E-state index in [1.165, 1.54) is 12.8 Å². The number of nitrogens with one attached hydrogen (secondary N) is 1. The van der Waals surface area contributed by atoms with Gasteiger partial charge in [0.2, 0.25) is 11.8 Å². The van der Waals surface area contributed by atoms with E-state index in [0.717, 1.165) is 38.7 Å². The Morgan fingerprint density at radius 2 is 2.00 bits per heavy atom. The number of amides is 2. The Balaban J connectivity index is 2.04. The second-order valence-electron chi connectivity index (χ2n) is 6.68. The summed E-state index contributed by atoms with van der Waals surface area (Å²) in [7, 11) is 0. The molecule has 0 unspecified atom stereocenters. The maximum absolute atomic E-state index is 12.7. The van der Waals surface area contributed by atoms with E-state index in [0.29, 0.717) is 13.0 Å². The van der Waals surface area contributed by atoms with E-state index in [1.54, 1.807) is 4.90 Å². The highest BCUT2D eigenvalue weighted by Crippen LogP contribution is 2.20. The standard InChI is InChI=1S/C17H31N3O3/c1-2-6-15(17(22)19-13-7-3-4-8-13)20(16(21)11-18)12-14-9-5-10-23-14/h13-15H,2-12,18H2,1H3,(H,19,22)/t14-,15-/m1/s1. The lowest BCUT2D eigenvalue weighted by Gasteiger charge is -2.33. The minimum atomic E-state index is -0.430. The van der Waals surface area contributed by atoms with Crippen LogP contribution in [0.3, 0.4) is 0 Å². The fourth-order valence-corrected chi connectivity index (χ4v) is 3.60. The van der Waals surface area contributed by atoms with Crippen LogP contribution in [0, 0.1) is 0 Å². The number of nitrogens with two attached hydrogens (primary N) is 1. The zero-order valence-corrected chi connectivity index (χ0v) is 14.3. The average molecular weight is 325 g/mol. The molecule has 1 saturated heterocycles. The monoisotopic (exact) mass is 325 g/mol. The highest BCUT2D eigenvalue weighted by Gasteiger charge is 2.32. The molecule has 1 aliphatic carbocycles. The molecule has 132 valence electrons. The molecule has 0 aromatic carbocycles. The fraction of sp³-hybridized carbons (Fsp3) is 0.882. The first-order valence-corrected chi connectivity index (χ1v) is 9.07. The van der Waals surface area contributed by atoms with Gasteiger partial charge in [-0.2, -0.15) is 0 Å². The number of rotatable bonds is 8. The van der Waals surface area contributed by atoms with Crippen molar-refractivity contribution >= 4 is 11.8 Å². The molecule has 0 aromatic rings. The molecular weight excluding hydrogens is 294 g/mol. The molecular formula is C17H31N3O3. The van der Waals surface area contributed by atoms with Crippen LogP contribution in [-0.2, 0) is 14.3 Å². The van der Waals surface area contributed by atoms with Crippen LogP contribution >= 0.6 is 0 Å². The third kappa shape index (κ3) is 5.18. The van der Waals surface area contributed by atoms with Crippen LogP contribution in [0.2, 0.25) is 0 Å². The minimum Gasteiger partial charge on any atom is -0.376 e. The van der Waals surface area contributed by atoms with Gasteiger partial charge >= 0.3 is 0 Å². The summed E-state index contributed by atoms with van der Waals surface area (Å²) in [5.41, 5.74) is 5.58. The number of carbonyl (C=O) groups excluding carboxylic acids is 2. The van der Waals surface area contributed by atoms with Gasteiger partial charge in [0.25, 0.3) is 0 Å². The minimum absolute atomic E-state index is 0.0291. The van der Waals surface area contributed by atoms with Crippen LogP contribution in [0.15, 0.2) is 0 Å². The molecule has 0 spiro atoms. The summed E-state index contributed by atoms with van der Waals surface area (Å²) < 4.78 is 5.65. The number of nitrogens with zero attached hydrogens (tertiary/aromatic N) is 1. The summed E-state index contributed by atoms with van der Waals surface area (Å²) in [5.74, 6) is -0.195. The van der Waals surface area contributed by atoms with Gasteiger partial charge in [-0.1, -0.05) is 26.2 Å². The van der Waals surface area contributed by atoms with E-state index in [2.05, 4.69) is 5.32 Å². The fourth-order valence-electron chi connectivity index (χ4n) is 3.60. The van der Waals surface area contributed by atoms with Crippen LogP contribution in [0.5, 0.6) is 0 Å². The zero-order valence-electron chi connectivity index (χ0n) is 14.3. The Kier molecular flexibility index (Phi) is 7.30. The molecule has 2 amide bonds. The lowest BCUT2D eigenvalue weighted by molar-refractivity contribution is -0.141. The van der Waals surface area contributed by atoms with Crippen molar-refractivity contribution in [2.75, 3.05) is 19.7 Å². The molecule has 0 bridgehead atoms. The molecule has 2 atom stereocenters. The van der Waals surface area contributed by atoms with E-state index in [1.807, 2.05) is 6.92 Å². The lowest BCUT2D eigenvalue weighted by atomic mass is 10.1. The molecule has 3 N–H and O–H groups in total. The van der Waals surface area contributed by atoms with Crippen molar-refractivity contribution in [1.82, 2.24) is 10.2 Å². The van der Waals surface area contributed by atoms with E-state index in [-0.39, 0.29) is 30.5 Å². The maximum Gasteiger partial charge on any atom is 0.243 e. The summed E-state index contributed by atoms with van der Waals surface area (Å²) in [4.78, 5) is 26.7. The largest absolute Gasteiger partial charge is 0.376 e. The van der Waals surface area contributed by atoms with Crippen LogP contribution < -0.4 is 11.1 Å². The van der Waals surface area contributed by atoms with Gasteiger partial charge in [-0.3, -0.25) is 9.59 Å². The summed E-state index contributed by atoms with van der Waals surface area (Å²) >= 11 is 0. The highest BCUT2D eigenvalue weighted by atomic mass is 16.5. The van der Waals surface area contributed by atoms with Gasteiger partial charge < -0.3 is 20.7 Å². The van der Waals surface area contributed by atoms with Gasteiger partial charge in [-0.05, 0) is 32.1 Å². The summed E-state index contributed by atoms with van der Waals surface area (Å²) in [6.45, 7) is 3.18. The Hall–Kier alpha value is -1.14. The number of hydrogen-bond acceptors (Lipinski definition) is 4. The highest BCUT2D eigenvalue weighted by molar-refractivity contribution is 5.88. The summed E-state index contributed by atoms with van der Waals surface area (Å²) in [5, 5.41) is 3.13. The van der Waals surface area contributed by atoms with Crippen LogP contribution in [0.1, 0.15) is 58.3 Å². The molecule has 1 heterocycles. The van der Waals surface area contributed by atoms with Gasteiger partial charge in [0.1, 0.15) is 6.04 Å². The predicted octanol–water partition coefficient (Wildman–Crippen LogP) is 1.18. The van der Waals surface area contributed by atoms with Crippen molar-refractivity contribution in [2.24, 2.45) is 5.73 Å². The van der Waals surface area contributed by atoms with E-state index >= 15 is 0 Å². The quantitative estimate of drug-likeness (QED) is 0.702. The molecule has 2 rings (SSSR count). The molecule has 0 aromatic heterocycles. The normalized spacial score (nSPS) is 23.0. The topological polar surface area (TPSA) is 84.7 Å². The second-order valence-corrected chi connectivity index (χ2v) is 6.68. The average Bonchev–Trinajstić information content (AvgIpc) is 3.23. The van der Waals surface area contributed by atoms with Gasteiger partial charge in [-0.25, -0.2) is 0 Å². The molecule has 1 aliphatic heterocycles. The van der Waals surface area contributed by atoms with Crippen LogP contribution in [-0.4, -0.2) is 54.6 Å². The van der Waals surface area contributed by atoms with Gasteiger partial charge in [0, 0.05) is 19.2 Å². The van der Waals surface area contributed by atoms with Crippen molar-refractivity contribution in [3.05, 3.63) is 0 Å². The predicted molar refractivity (Wildman–Crippen MR) is 88.8 cm³/mol. The van der Waals surface area contributed by atoms with Gasteiger partial charge in [0.05, 0.1) is 12.6 Å². The molecule has 23 heavy (non-hydrogen) atoms. The molecule has 2 fully saturated rings. The SMILES string of the molecule is CCC[C@H](C(=O)NC1CCCC1)N(C[C@H]1CCCO1)C(=O)CN. The third-order valence-corrected chi connectivity index (χ3v) is 4.86. The van der Waals surface area contributed by atoms with Crippen molar-refractivity contribution in [3.63, 3.8) is 0 Å². The second kappa shape index (κ2) is 9.23. The first-order chi connectivity index (χ1) is 11.2. The zero-order chi connectivity index (χ0) is 16.7. The number of ether oxygens (including phenoxy) is 1. The first kappa shape index (κ1) is 18.2. The molecule has 6 heteroatoms. The molecule has 6 nitrogen and oxygen atoms in total. The third-order valence-electron chi connectivity index (χ3n) is 4.86. The smallest absolute Gasteiger partial charge is 0.243 e. The Morgan fingerprint density at radius 3 is 2.57 bits per heavy atom. The molecule has 0 radical (unpaired) electrons. The summed E-state index contributed by atoms with van der Waals surface area (Å²) in [6, 6.07) is -0.166. The van der Waals surface area contributed by atoms with Crippen molar-refractivity contribution in [3.8, 4) is 0 Å². The van der Waals surface area contributed by atoms with Crippen molar-refractivity contribution in [1.29, 1.82) is 0 Å². The van der Waals surface area contributed by atoms with E-state index in [9.17, 15) is 9.59 Å². The van der Waals surface area contributed by atoms with Gasteiger partial charge in [0.15, 0.2) is 0 Å². The molecule has 2 aliphatic rings. The first-order valence-electron chi connectivity index (χ1n) is 9.07. The van der Waals surface area contributed by atoms with Crippen LogP contribution in [0.25, 0.3) is 0 Å².